The molecule has 1 heterocycles. The number of fused-ring (bicyclic) bond motifs is 1. The van der Waals surface area contributed by atoms with Crippen molar-refractivity contribution in [2.45, 2.75) is 33.3 Å². The van der Waals surface area contributed by atoms with Crippen LogP contribution in [-0.4, -0.2) is 35.8 Å². The number of rotatable bonds is 4. The Kier molecular flexibility index (Phi) is 4.93. The summed E-state index contributed by atoms with van der Waals surface area (Å²) in [4.78, 5) is 26.4. The summed E-state index contributed by atoms with van der Waals surface area (Å²) in [7, 11) is 0. The number of amides is 1. The Morgan fingerprint density at radius 1 is 1.22 bits per heavy atom. The number of benzene rings is 1. The molecule has 0 fully saturated rings. The topological polar surface area (TPSA) is 80.4 Å². The summed E-state index contributed by atoms with van der Waals surface area (Å²) in [5.74, 6) is -0.454. The molecule has 0 aliphatic carbocycles. The molecular weight excluding hydrogens is 296 g/mol. The monoisotopic (exact) mass is 318 g/mol. The van der Waals surface area contributed by atoms with Crippen LogP contribution in [0.2, 0.25) is 0 Å². The molecule has 2 N–H and O–H groups in total. The van der Waals surface area contributed by atoms with Crippen LogP contribution in [0.3, 0.4) is 0 Å². The van der Waals surface area contributed by atoms with Crippen LogP contribution < -0.4 is 5.32 Å². The van der Waals surface area contributed by atoms with Gasteiger partial charge < -0.3 is 19.8 Å². The molecule has 2 aromatic rings. The van der Waals surface area contributed by atoms with Gasteiger partial charge in [0.1, 0.15) is 17.9 Å². The summed E-state index contributed by atoms with van der Waals surface area (Å²) >= 11 is 0. The van der Waals surface area contributed by atoms with Crippen LogP contribution in [0, 0.1) is 6.92 Å². The van der Waals surface area contributed by atoms with Gasteiger partial charge >= 0.3 is 12.1 Å². The summed E-state index contributed by atoms with van der Waals surface area (Å²) < 4.78 is 10.2. The first-order valence-corrected chi connectivity index (χ1v) is 7.48. The van der Waals surface area contributed by atoms with Gasteiger partial charge in [-0.25, -0.2) is 9.59 Å². The molecule has 0 aliphatic rings. The summed E-state index contributed by atoms with van der Waals surface area (Å²) in [6, 6.07) is 7.64. The highest BCUT2D eigenvalue weighted by Crippen LogP contribution is 2.17. The number of esters is 1. The molecule has 0 saturated heterocycles. The molecule has 6 nitrogen and oxygen atoms in total. The van der Waals surface area contributed by atoms with Crippen molar-refractivity contribution < 1.29 is 19.1 Å². The quantitative estimate of drug-likeness (QED) is 0.670. The van der Waals surface area contributed by atoms with Gasteiger partial charge in [-0.3, -0.25) is 0 Å². The fourth-order valence-electron chi connectivity index (χ4n) is 2.05. The molecule has 0 spiro atoms. The number of aromatic amines is 1. The van der Waals surface area contributed by atoms with Crippen molar-refractivity contribution in [2.75, 3.05) is 13.2 Å². The SMILES string of the molecule is Cc1ccc2[nH]c(C(=O)OCCNC(=O)OC(C)(C)C)cc2c1. The van der Waals surface area contributed by atoms with Gasteiger partial charge in [0.05, 0.1) is 6.54 Å². The number of H-pyrrole nitrogens is 1. The molecule has 0 unspecified atom stereocenters. The predicted octanol–water partition coefficient (Wildman–Crippen LogP) is 3.16. The third-order valence-corrected chi connectivity index (χ3v) is 3.00. The highest BCUT2D eigenvalue weighted by molar-refractivity contribution is 5.94. The summed E-state index contributed by atoms with van der Waals surface area (Å²) in [5.41, 5.74) is 1.85. The zero-order valence-electron chi connectivity index (χ0n) is 13.9. The minimum absolute atomic E-state index is 0.0759. The molecule has 1 amide bonds. The second-order valence-corrected chi connectivity index (χ2v) is 6.34. The zero-order valence-corrected chi connectivity index (χ0v) is 13.9. The number of carbonyl (C=O) groups excluding carboxylic acids is 2. The van der Waals surface area contributed by atoms with Crippen molar-refractivity contribution in [2.24, 2.45) is 0 Å². The Morgan fingerprint density at radius 3 is 2.65 bits per heavy atom. The summed E-state index contributed by atoms with van der Waals surface area (Å²) in [6.45, 7) is 7.61. The molecule has 0 saturated carbocycles. The third-order valence-electron chi connectivity index (χ3n) is 3.00. The Morgan fingerprint density at radius 2 is 1.96 bits per heavy atom. The van der Waals surface area contributed by atoms with E-state index in [9.17, 15) is 9.59 Å². The van der Waals surface area contributed by atoms with Gasteiger partial charge in [0, 0.05) is 10.9 Å². The normalized spacial score (nSPS) is 11.3. The van der Waals surface area contributed by atoms with Crippen LogP contribution in [0.4, 0.5) is 4.79 Å². The average Bonchev–Trinajstić information content (AvgIpc) is 2.84. The molecule has 6 heteroatoms. The van der Waals surface area contributed by atoms with E-state index < -0.39 is 17.7 Å². The number of nitrogens with one attached hydrogen (secondary N) is 2. The smallest absolute Gasteiger partial charge is 0.407 e. The fourth-order valence-corrected chi connectivity index (χ4v) is 2.05. The molecule has 1 aromatic heterocycles. The summed E-state index contributed by atoms with van der Waals surface area (Å²) in [6.07, 6.45) is -0.533. The van der Waals surface area contributed by atoms with Gasteiger partial charge in [-0.15, -0.1) is 0 Å². The van der Waals surface area contributed by atoms with Crippen LogP contribution >= 0.6 is 0 Å². The number of aryl methyl sites for hydroxylation is 1. The Labute approximate surface area is 135 Å². The number of aromatic nitrogens is 1. The molecule has 2 rings (SSSR count). The average molecular weight is 318 g/mol. The molecule has 1 aromatic carbocycles. The molecule has 0 aliphatic heterocycles. The van der Waals surface area contributed by atoms with Gasteiger partial charge in [-0.1, -0.05) is 11.6 Å². The maximum absolute atomic E-state index is 12.0. The Balaban J connectivity index is 1.81. The van der Waals surface area contributed by atoms with Crippen LogP contribution in [0.1, 0.15) is 36.8 Å². The number of hydrogen-bond donors (Lipinski definition) is 2. The molecule has 0 atom stereocenters. The van der Waals surface area contributed by atoms with Gasteiger partial charge in [0.2, 0.25) is 0 Å². The maximum Gasteiger partial charge on any atom is 0.407 e. The number of alkyl carbamates (subject to hydrolysis) is 1. The number of carbonyl (C=O) groups is 2. The minimum atomic E-state index is -0.552. The van der Waals surface area contributed by atoms with Crippen molar-refractivity contribution in [1.29, 1.82) is 0 Å². The number of hydrogen-bond acceptors (Lipinski definition) is 4. The molecular formula is C17H22N2O4. The van der Waals surface area contributed by atoms with Crippen molar-refractivity contribution in [3.63, 3.8) is 0 Å². The highest BCUT2D eigenvalue weighted by Gasteiger charge is 2.16. The van der Waals surface area contributed by atoms with Gasteiger partial charge in [0.25, 0.3) is 0 Å². The van der Waals surface area contributed by atoms with E-state index in [1.165, 1.54) is 0 Å². The number of ether oxygens (including phenoxy) is 2. The Hall–Kier alpha value is -2.50. The van der Waals surface area contributed by atoms with Crippen LogP contribution in [0.5, 0.6) is 0 Å². The van der Waals surface area contributed by atoms with Crippen molar-refractivity contribution >= 4 is 23.0 Å². The van der Waals surface area contributed by atoms with E-state index in [2.05, 4.69) is 10.3 Å². The molecule has 124 valence electrons. The standard InChI is InChI=1S/C17H22N2O4/c1-11-5-6-13-12(9-11)10-14(19-13)15(20)22-8-7-18-16(21)23-17(2,3)4/h5-6,9-10,19H,7-8H2,1-4H3,(H,18,21). The van der Waals surface area contributed by atoms with Gasteiger partial charge in [-0.2, -0.15) is 0 Å². The van der Waals surface area contributed by atoms with E-state index in [0.29, 0.717) is 5.69 Å². The molecule has 0 radical (unpaired) electrons. The highest BCUT2D eigenvalue weighted by atomic mass is 16.6. The maximum atomic E-state index is 12.0. The van der Waals surface area contributed by atoms with Gasteiger partial charge in [-0.05, 0) is 45.9 Å². The van der Waals surface area contributed by atoms with Gasteiger partial charge in [0.15, 0.2) is 0 Å². The lowest BCUT2D eigenvalue weighted by Crippen LogP contribution is -2.34. The first kappa shape index (κ1) is 16.9. The Bertz CT molecular complexity index is 713. The zero-order chi connectivity index (χ0) is 17.0. The molecule has 23 heavy (non-hydrogen) atoms. The van der Waals surface area contributed by atoms with Crippen molar-refractivity contribution in [3.8, 4) is 0 Å². The van der Waals surface area contributed by atoms with Crippen LogP contribution in [0.25, 0.3) is 10.9 Å². The van der Waals surface area contributed by atoms with E-state index in [1.54, 1.807) is 26.8 Å². The van der Waals surface area contributed by atoms with E-state index in [-0.39, 0.29) is 13.2 Å². The van der Waals surface area contributed by atoms with Crippen molar-refractivity contribution in [3.05, 3.63) is 35.5 Å². The first-order valence-electron chi connectivity index (χ1n) is 7.48. The lowest BCUT2D eigenvalue weighted by Gasteiger charge is -2.19. The molecule has 0 bridgehead atoms. The lowest BCUT2D eigenvalue weighted by atomic mass is 10.2. The minimum Gasteiger partial charge on any atom is -0.459 e. The van der Waals surface area contributed by atoms with Crippen LogP contribution in [-0.2, 0) is 9.47 Å². The second kappa shape index (κ2) is 6.73. The third kappa shape index (κ3) is 5.02. The van der Waals surface area contributed by atoms with E-state index in [4.69, 9.17) is 9.47 Å². The van der Waals surface area contributed by atoms with E-state index in [1.807, 2.05) is 25.1 Å². The van der Waals surface area contributed by atoms with E-state index in [0.717, 1.165) is 16.5 Å². The second-order valence-electron chi connectivity index (χ2n) is 6.34. The van der Waals surface area contributed by atoms with E-state index >= 15 is 0 Å². The predicted molar refractivity (Wildman–Crippen MR) is 87.6 cm³/mol. The fraction of sp³-hybridized carbons (Fsp3) is 0.412. The largest absolute Gasteiger partial charge is 0.459 e. The van der Waals surface area contributed by atoms with Crippen molar-refractivity contribution in [1.82, 2.24) is 10.3 Å². The van der Waals surface area contributed by atoms with Crippen LogP contribution in [0.15, 0.2) is 24.3 Å². The summed E-state index contributed by atoms with van der Waals surface area (Å²) in [5, 5.41) is 3.49. The lowest BCUT2D eigenvalue weighted by molar-refractivity contribution is 0.0430. The first-order chi connectivity index (χ1) is 10.7.